The molecule has 2 aromatic carbocycles. The Hall–Kier alpha value is -2.89. The van der Waals surface area contributed by atoms with E-state index in [1.165, 1.54) is 0 Å². The van der Waals surface area contributed by atoms with Gasteiger partial charge in [-0.2, -0.15) is 0 Å². The number of aliphatic hydroxyl groups is 1. The Morgan fingerprint density at radius 3 is 2.40 bits per heavy atom. The molecule has 4 rings (SSSR count). The lowest BCUT2D eigenvalue weighted by Crippen LogP contribution is -2.14. The first-order valence-electron chi connectivity index (χ1n) is 9.88. The van der Waals surface area contributed by atoms with E-state index in [9.17, 15) is 5.11 Å². The highest BCUT2D eigenvalue weighted by atomic mass is 35.5. The van der Waals surface area contributed by atoms with E-state index >= 15 is 0 Å². The predicted octanol–water partition coefficient (Wildman–Crippen LogP) is 5.69. The predicted molar refractivity (Wildman–Crippen MR) is 123 cm³/mol. The number of nitrogens with one attached hydrogen (secondary N) is 1. The summed E-state index contributed by atoms with van der Waals surface area (Å²) >= 11 is 6.53. The van der Waals surface area contributed by atoms with Gasteiger partial charge in [-0.3, -0.25) is 4.98 Å². The lowest BCUT2D eigenvalue weighted by Gasteiger charge is -2.18. The highest BCUT2D eigenvalue weighted by molar-refractivity contribution is 6.34. The van der Waals surface area contributed by atoms with Gasteiger partial charge in [0.2, 0.25) is 0 Å². The second-order valence-electron chi connectivity index (χ2n) is 8.18. The quantitative estimate of drug-likeness (QED) is 0.435. The van der Waals surface area contributed by atoms with Crippen LogP contribution in [0.4, 0.5) is 5.69 Å². The van der Waals surface area contributed by atoms with Crippen molar-refractivity contribution >= 4 is 28.2 Å². The van der Waals surface area contributed by atoms with Gasteiger partial charge in [0.15, 0.2) is 0 Å². The minimum absolute atomic E-state index is 0.0102. The molecule has 0 spiro atoms. The highest BCUT2D eigenvalue weighted by Gasteiger charge is 2.16. The van der Waals surface area contributed by atoms with Crippen molar-refractivity contribution in [3.63, 3.8) is 0 Å². The van der Waals surface area contributed by atoms with Crippen molar-refractivity contribution in [3.8, 4) is 11.1 Å². The first kappa shape index (κ1) is 20.4. The molecule has 0 amide bonds. The smallest absolute Gasteiger partial charge is 0.0947 e. The summed E-state index contributed by atoms with van der Waals surface area (Å²) in [6.07, 6.45) is 5.45. The van der Waals surface area contributed by atoms with Gasteiger partial charge in [-0.05, 0) is 49.6 Å². The number of halogens is 1. The fourth-order valence-electron chi connectivity index (χ4n) is 3.51. The number of aromatic nitrogens is 3. The molecule has 0 saturated heterocycles. The highest BCUT2D eigenvalue weighted by Crippen LogP contribution is 2.35. The van der Waals surface area contributed by atoms with Crippen molar-refractivity contribution in [2.75, 3.05) is 5.32 Å². The van der Waals surface area contributed by atoms with Crippen LogP contribution in [0.5, 0.6) is 0 Å². The van der Waals surface area contributed by atoms with Crippen LogP contribution < -0.4 is 5.32 Å². The van der Waals surface area contributed by atoms with Crippen LogP contribution in [0.2, 0.25) is 5.02 Å². The second-order valence-corrected chi connectivity index (χ2v) is 8.59. The number of imidazole rings is 1. The number of pyridine rings is 1. The molecule has 1 atom stereocenters. The second kappa shape index (κ2) is 7.74. The van der Waals surface area contributed by atoms with Crippen molar-refractivity contribution in [2.24, 2.45) is 7.05 Å². The van der Waals surface area contributed by atoms with Crippen LogP contribution in [0.1, 0.15) is 38.1 Å². The van der Waals surface area contributed by atoms with Crippen molar-refractivity contribution in [1.82, 2.24) is 14.5 Å². The Balaban J connectivity index is 1.73. The van der Waals surface area contributed by atoms with Crippen LogP contribution >= 0.6 is 11.6 Å². The van der Waals surface area contributed by atoms with E-state index in [4.69, 9.17) is 11.6 Å². The number of benzene rings is 2. The zero-order valence-corrected chi connectivity index (χ0v) is 18.3. The van der Waals surface area contributed by atoms with Gasteiger partial charge in [0, 0.05) is 24.8 Å². The summed E-state index contributed by atoms with van der Waals surface area (Å²) in [5.74, 6) is 0. The van der Waals surface area contributed by atoms with Crippen molar-refractivity contribution in [2.45, 2.75) is 32.4 Å². The number of nitrogens with zero attached hydrogens (tertiary/aromatic N) is 3. The number of anilines is 1. The molecular weight excluding hydrogens is 396 g/mol. The van der Waals surface area contributed by atoms with Crippen molar-refractivity contribution in [3.05, 3.63) is 77.5 Å². The molecule has 0 saturated carbocycles. The number of hydrogen-bond acceptors (Lipinski definition) is 4. The molecule has 6 heteroatoms. The number of rotatable bonds is 5. The third-order valence-electron chi connectivity index (χ3n) is 5.28. The SMILES string of the molecule is CC(Nc1c(Cl)cnc2ccc(-c3ccc(C(C)(C)O)cc3)cc12)c1cn(C)cn1. The van der Waals surface area contributed by atoms with Gasteiger partial charge in [0.25, 0.3) is 0 Å². The summed E-state index contributed by atoms with van der Waals surface area (Å²) in [5.41, 5.74) is 4.79. The Morgan fingerprint density at radius 1 is 1.07 bits per heavy atom. The van der Waals surface area contributed by atoms with E-state index in [1.807, 2.05) is 54.2 Å². The molecule has 4 aromatic rings. The Kier molecular flexibility index (Phi) is 5.26. The van der Waals surface area contributed by atoms with E-state index in [0.717, 1.165) is 39.0 Å². The molecular formula is C24H25ClN4O. The minimum atomic E-state index is -0.863. The topological polar surface area (TPSA) is 63.0 Å². The van der Waals surface area contributed by atoms with Gasteiger partial charge in [-0.15, -0.1) is 0 Å². The number of aryl methyl sites for hydroxylation is 1. The van der Waals surface area contributed by atoms with Crippen LogP contribution in [-0.4, -0.2) is 19.6 Å². The average Bonchev–Trinajstić information content (AvgIpc) is 3.15. The largest absolute Gasteiger partial charge is 0.386 e. The van der Waals surface area contributed by atoms with Crippen LogP contribution in [0.3, 0.4) is 0 Å². The normalized spacial score (nSPS) is 12.9. The van der Waals surface area contributed by atoms with E-state index in [0.29, 0.717) is 5.02 Å². The molecule has 30 heavy (non-hydrogen) atoms. The van der Waals surface area contributed by atoms with E-state index in [-0.39, 0.29) is 6.04 Å². The molecule has 0 aliphatic rings. The van der Waals surface area contributed by atoms with Crippen molar-refractivity contribution in [1.29, 1.82) is 0 Å². The number of fused-ring (bicyclic) bond motifs is 1. The molecule has 2 N–H and O–H groups in total. The fourth-order valence-corrected chi connectivity index (χ4v) is 3.72. The van der Waals surface area contributed by atoms with Crippen molar-refractivity contribution < 1.29 is 5.11 Å². The van der Waals surface area contributed by atoms with Crippen LogP contribution in [0.25, 0.3) is 22.0 Å². The molecule has 0 radical (unpaired) electrons. The Bertz CT molecular complexity index is 1190. The van der Waals surface area contributed by atoms with Crippen LogP contribution in [-0.2, 0) is 12.6 Å². The molecule has 2 aromatic heterocycles. The standard InChI is InChI=1S/C24H25ClN4O/c1-15(22-13-29(4)14-27-22)28-23-19-11-17(7-10-21(19)26-12-20(23)25)16-5-8-18(9-6-16)24(2,3)30/h5-15,30H,1-4H3,(H,26,28). The van der Waals surface area contributed by atoms with E-state index in [1.54, 1.807) is 26.4 Å². The summed E-state index contributed by atoms with van der Waals surface area (Å²) in [6.45, 7) is 5.63. The van der Waals surface area contributed by atoms with Gasteiger partial charge in [0.05, 0.1) is 39.9 Å². The van der Waals surface area contributed by atoms with Gasteiger partial charge in [0.1, 0.15) is 0 Å². The Morgan fingerprint density at radius 2 is 1.77 bits per heavy atom. The maximum Gasteiger partial charge on any atom is 0.0947 e. The summed E-state index contributed by atoms with van der Waals surface area (Å²) in [6, 6.07) is 14.1. The first-order chi connectivity index (χ1) is 14.2. The molecule has 0 aliphatic carbocycles. The molecule has 0 bridgehead atoms. The molecule has 154 valence electrons. The van der Waals surface area contributed by atoms with E-state index in [2.05, 4.69) is 28.3 Å². The average molecular weight is 421 g/mol. The van der Waals surface area contributed by atoms with Crippen LogP contribution in [0.15, 0.2) is 61.2 Å². The molecule has 0 fully saturated rings. The summed E-state index contributed by atoms with van der Waals surface area (Å²) in [5, 5.41) is 15.2. The summed E-state index contributed by atoms with van der Waals surface area (Å²) in [4.78, 5) is 8.92. The zero-order valence-electron chi connectivity index (χ0n) is 17.5. The summed E-state index contributed by atoms with van der Waals surface area (Å²) in [7, 11) is 1.95. The molecule has 2 heterocycles. The summed E-state index contributed by atoms with van der Waals surface area (Å²) < 4.78 is 1.93. The first-order valence-corrected chi connectivity index (χ1v) is 10.3. The fraction of sp³-hybridized carbons (Fsp3) is 0.250. The lowest BCUT2D eigenvalue weighted by molar-refractivity contribution is 0.0786. The third kappa shape index (κ3) is 4.04. The number of hydrogen-bond donors (Lipinski definition) is 2. The maximum absolute atomic E-state index is 10.2. The molecule has 0 aliphatic heterocycles. The molecule has 1 unspecified atom stereocenters. The van der Waals surface area contributed by atoms with Gasteiger partial charge in [-0.25, -0.2) is 4.98 Å². The zero-order chi connectivity index (χ0) is 21.5. The van der Waals surface area contributed by atoms with Crippen LogP contribution in [0, 0.1) is 0 Å². The van der Waals surface area contributed by atoms with Gasteiger partial charge >= 0.3 is 0 Å². The monoisotopic (exact) mass is 420 g/mol. The van der Waals surface area contributed by atoms with Gasteiger partial charge in [-0.1, -0.05) is 41.9 Å². The maximum atomic E-state index is 10.2. The van der Waals surface area contributed by atoms with Gasteiger partial charge < -0.3 is 15.0 Å². The third-order valence-corrected chi connectivity index (χ3v) is 5.56. The minimum Gasteiger partial charge on any atom is -0.386 e. The van der Waals surface area contributed by atoms with E-state index < -0.39 is 5.60 Å². The lowest BCUT2D eigenvalue weighted by atomic mass is 9.95. The molecule has 5 nitrogen and oxygen atoms in total. The Labute approximate surface area is 181 Å².